The summed E-state index contributed by atoms with van der Waals surface area (Å²) in [5.41, 5.74) is 1.55. The molecule has 0 bridgehead atoms. The number of thiazole rings is 2. The fourth-order valence-corrected chi connectivity index (χ4v) is 3.83. The Morgan fingerprint density at radius 3 is 2.90 bits per heavy atom. The molecule has 0 spiro atoms. The van der Waals surface area contributed by atoms with Gasteiger partial charge < -0.3 is 10.4 Å². The third-order valence-electron chi connectivity index (χ3n) is 3.39. The monoisotopic (exact) mass is 327 g/mol. The van der Waals surface area contributed by atoms with E-state index >= 15 is 0 Å². The number of aromatic nitrogens is 2. The van der Waals surface area contributed by atoms with Crippen molar-refractivity contribution in [1.82, 2.24) is 9.97 Å². The first-order chi connectivity index (χ1) is 10.1. The molecular formula is C13H14FN3O2S2. The zero-order chi connectivity index (χ0) is 15.0. The first-order valence-corrected chi connectivity index (χ1v) is 8.24. The molecule has 3 rings (SSSR count). The van der Waals surface area contributed by atoms with Crippen molar-refractivity contribution in [3.8, 4) is 10.6 Å². The van der Waals surface area contributed by atoms with Gasteiger partial charge >= 0.3 is 0 Å². The Kier molecular flexibility index (Phi) is 4.01. The number of aliphatic hydroxyl groups is 1. The summed E-state index contributed by atoms with van der Waals surface area (Å²) in [7, 11) is 0. The van der Waals surface area contributed by atoms with Gasteiger partial charge in [-0.1, -0.05) is 0 Å². The second-order valence-electron chi connectivity index (χ2n) is 4.97. The number of nitrogens with zero attached hydrogens (tertiary/aromatic N) is 2. The minimum Gasteiger partial charge on any atom is -0.389 e. The predicted molar refractivity (Wildman–Crippen MR) is 80.1 cm³/mol. The van der Waals surface area contributed by atoms with E-state index in [1.807, 2.05) is 12.3 Å². The zero-order valence-electron chi connectivity index (χ0n) is 11.3. The predicted octanol–water partition coefficient (Wildman–Crippen LogP) is 2.75. The molecule has 0 unspecified atom stereocenters. The molecule has 2 heterocycles. The minimum absolute atomic E-state index is 0.0920. The van der Waals surface area contributed by atoms with Crippen LogP contribution in [0.15, 0.2) is 5.38 Å². The smallest absolute Gasteiger partial charge is 0.229 e. The van der Waals surface area contributed by atoms with Crippen LogP contribution >= 0.6 is 22.7 Å². The number of alkyl halides is 1. The lowest BCUT2D eigenvalue weighted by Gasteiger charge is -2.27. The molecule has 0 saturated heterocycles. The van der Waals surface area contributed by atoms with Crippen LogP contribution in [0.1, 0.15) is 23.5 Å². The van der Waals surface area contributed by atoms with Gasteiger partial charge in [0.05, 0.1) is 22.9 Å². The molecule has 1 aliphatic carbocycles. The van der Waals surface area contributed by atoms with Crippen molar-refractivity contribution in [3.63, 3.8) is 0 Å². The average Bonchev–Trinajstić information content (AvgIpc) is 3.01. The average molecular weight is 327 g/mol. The fraction of sp³-hybridized carbons (Fsp3) is 0.462. The van der Waals surface area contributed by atoms with Crippen LogP contribution in [0, 0.1) is 12.8 Å². The molecule has 0 aromatic carbocycles. The van der Waals surface area contributed by atoms with Crippen LogP contribution in [0.25, 0.3) is 10.6 Å². The fourth-order valence-electron chi connectivity index (χ4n) is 2.16. The van der Waals surface area contributed by atoms with Crippen molar-refractivity contribution in [3.05, 3.63) is 16.1 Å². The molecule has 8 heteroatoms. The van der Waals surface area contributed by atoms with Gasteiger partial charge in [-0.25, -0.2) is 14.4 Å². The van der Waals surface area contributed by atoms with Gasteiger partial charge in [-0.3, -0.25) is 4.79 Å². The Labute approximate surface area is 128 Å². The largest absolute Gasteiger partial charge is 0.389 e. The number of hydrogen-bond acceptors (Lipinski definition) is 6. The lowest BCUT2D eigenvalue weighted by molar-refractivity contribution is -0.124. The first kappa shape index (κ1) is 14.6. The van der Waals surface area contributed by atoms with Gasteiger partial charge in [0.15, 0.2) is 5.13 Å². The highest BCUT2D eigenvalue weighted by Crippen LogP contribution is 2.34. The highest BCUT2D eigenvalue weighted by molar-refractivity contribution is 7.17. The number of aryl methyl sites for hydroxylation is 1. The van der Waals surface area contributed by atoms with Gasteiger partial charge in [0.25, 0.3) is 0 Å². The van der Waals surface area contributed by atoms with Gasteiger partial charge in [0.1, 0.15) is 11.2 Å². The summed E-state index contributed by atoms with van der Waals surface area (Å²) in [4.78, 5) is 21.4. The normalized spacial score (nSPS) is 21.1. The van der Waals surface area contributed by atoms with Crippen LogP contribution in [0.5, 0.6) is 0 Å². The number of anilines is 1. The van der Waals surface area contributed by atoms with Crippen LogP contribution in [0.4, 0.5) is 9.52 Å². The number of halogens is 1. The van der Waals surface area contributed by atoms with E-state index in [9.17, 15) is 9.18 Å². The molecule has 112 valence electrons. The third kappa shape index (κ3) is 2.97. The Balaban J connectivity index is 1.71. The van der Waals surface area contributed by atoms with E-state index in [0.717, 1.165) is 16.3 Å². The lowest BCUT2D eigenvalue weighted by atomic mass is 9.83. The molecule has 0 radical (unpaired) electrons. The Morgan fingerprint density at radius 2 is 2.29 bits per heavy atom. The summed E-state index contributed by atoms with van der Waals surface area (Å²) < 4.78 is 12.8. The molecule has 1 aliphatic rings. The molecule has 21 heavy (non-hydrogen) atoms. The Bertz CT molecular complexity index is 664. The number of amides is 1. The number of aliphatic hydroxyl groups excluding tert-OH is 1. The van der Waals surface area contributed by atoms with Crippen molar-refractivity contribution < 1.29 is 14.3 Å². The van der Waals surface area contributed by atoms with Gasteiger partial charge in [0.2, 0.25) is 5.91 Å². The van der Waals surface area contributed by atoms with Crippen LogP contribution < -0.4 is 5.32 Å². The van der Waals surface area contributed by atoms with Gasteiger partial charge in [-0.05, 0) is 19.8 Å². The van der Waals surface area contributed by atoms with E-state index in [0.29, 0.717) is 23.0 Å². The van der Waals surface area contributed by atoms with Crippen molar-refractivity contribution in [2.24, 2.45) is 5.92 Å². The van der Waals surface area contributed by atoms with Crippen LogP contribution in [-0.4, -0.2) is 27.2 Å². The van der Waals surface area contributed by atoms with Crippen molar-refractivity contribution >= 4 is 33.7 Å². The van der Waals surface area contributed by atoms with Crippen molar-refractivity contribution in [2.45, 2.75) is 32.5 Å². The van der Waals surface area contributed by atoms with Crippen LogP contribution in [0.2, 0.25) is 0 Å². The van der Waals surface area contributed by atoms with E-state index < -0.39 is 6.17 Å². The van der Waals surface area contributed by atoms with Crippen LogP contribution in [-0.2, 0) is 11.4 Å². The Morgan fingerprint density at radius 1 is 1.52 bits per heavy atom. The Hall–Kier alpha value is -1.38. The number of carbonyl (C=O) groups excluding carboxylic acids is 1. The van der Waals surface area contributed by atoms with E-state index in [1.165, 1.54) is 22.7 Å². The lowest BCUT2D eigenvalue weighted by Crippen LogP contribution is -2.35. The maximum Gasteiger partial charge on any atom is 0.229 e. The summed E-state index contributed by atoms with van der Waals surface area (Å²) >= 11 is 2.72. The standard InChI is InChI=1S/C13H14FN3O2S2/c1-6-11(21-10(4-18)15-6)9-5-20-13(16-9)17-12(19)7-2-8(14)3-7/h5,7-8,18H,2-4H2,1H3,(H,16,17,19)/t7-,8+. The molecule has 0 atom stereocenters. The third-order valence-corrected chi connectivity index (χ3v) is 5.32. The first-order valence-electron chi connectivity index (χ1n) is 6.54. The molecule has 5 nitrogen and oxygen atoms in total. The number of nitrogens with one attached hydrogen (secondary N) is 1. The molecule has 1 saturated carbocycles. The molecular weight excluding hydrogens is 313 g/mol. The quantitative estimate of drug-likeness (QED) is 0.905. The summed E-state index contributed by atoms with van der Waals surface area (Å²) in [6.45, 7) is 1.77. The highest BCUT2D eigenvalue weighted by atomic mass is 32.1. The summed E-state index contributed by atoms with van der Waals surface area (Å²) in [6, 6.07) is 0. The molecule has 1 amide bonds. The highest BCUT2D eigenvalue weighted by Gasteiger charge is 2.34. The SMILES string of the molecule is Cc1nc(CO)sc1-c1csc(NC(=O)[C@H]2C[C@@H](F)C2)n1. The molecule has 0 aliphatic heterocycles. The van der Waals surface area contributed by atoms with E-state index in [2.05, 4.69) is 15.3 Å². The summed E-state index contributed by atoms with van der Waals surface area (Å²) in [5.74, 6) is -0.402. The number of rotatable bonds is 4. The van der Waals surface area contributed by atoms with Crippen molar-refractivity contribution in [1.29, 1.82) is 0 Å². The zero-order valence-corrected chi connectivity index (χ0v) is 12.9. The van der Waals surface area contributed by atoms with Crippen molar-refractivity contribution in [2.75, 3.05) is 5.32 Å². The number of hydrogen-bond donors (Lipinski definition) is 2. The summed E-state index contributed by atoms with van der Waals surface area (Å²) in [5, 5.41) is 14.8. The van der Waals surface area contributed by atoms with Gasteiger partial charge in [-0.15, -0.1) is 22.7 Å². The molecule has 2 aromatic heterocycles. The molecule has 2 aromatic rings. The van der Waals surface area contributed by atoms with E-state index in [-0.39, 0.29) is 18.4 Å². The van der Waals surface area contributed by atoms with E-state index in [4.69, 9.17) is 5.11 Å². The molecule has 1 fully saturated rings. The minimum atomic E-state index is -0.843. The van der Waals surface area contributed by atoms with Crippen LogP contribution in [0.3, 0.4) is 0 Å². The second kappa shape index (κ2) is 5.78. The summed E-state index contributed by atoms with van der Waals surface area (Å²) in [6.07, 6.45) is -0.236. The molecule has 2 N–H and O–H groups in total. The van der Waals surface area contributed by atoms with Gasteiger partial charge in [0, 0.05) is 11.3 Å². The van der Waals surface area contributed by atoms with Gasteiger partial charge in [-0.2, -0.15) is 0 Å². The number of carbonyl (C=O) groups is 1. The maximum absolute atomic E-state index is 12.8. The topological polar surface area (TPSA) is 75.1 Å². The van der Waals surface area contributed by atoms with E-state index in [1.54, 1.807) is 0 Å². The second-order valence-corrected chi connectivity index (χ2v) is 6.91. The maximum atomic E-state index is 12.8.